The van der Waals surface area contributed by atoms with Gasteiger partial charge in [0.05, 0.1) is 5.69 Å². The maximum Gasteiger partial charge on any atom is 0.207 e. The van der Waals surface area contributed by atoms with Gasteiger partial charge in [-0.05, 0) is 18.9 Å². The Morgan fingerprint density at radius 3 is 2.50 bits per heavy atom. The average Bonchev–Trinajstić information content (AvgIpc) is 2.35. The van der Waals surface area contributed by atoms with Crippen molar-refractivity contribution < 1.29 is 4.79 Å². The highest BCUT2D eigenvalue weighted by molar-refractivity contribution is 8.21. The lowest BCUT2D eigenvalue weighted by molar-refractivity contribution is 0.104. The Hall–Kier alpha value is -0.810. The molecule has 0 saturated heterocycles. The van der Waals surface area contributed by atoms with E-state index in [0.29, 0.717) is 5.69 Å². The van der Waals surface area contributed by atoms with Gasteiger partial charge in [0.15, 0.2) is 0 Å². The van der Waals surface area contributed by atoms with Gasteiger partial charge in [-0.2, -0.15) is 0 Å². The Morgan fingerprint density at radius 2 is 1.94 bits per heavy atom. The van der Waals surface area contributed by atoms with Gasteiger partial charge in [0.25, 0.3) is 0 Å². The molecule has 1 aromatic rings. The third-order valence-corrected chi connectivity index (χ3v) is 4.03. The zero-order valence-electron chi connectivity index (χ0n) is 9.56. The fourth-order valence-electron chi connectivity index (χ4n) is 1.21. The predicted molar refractivity (Wildman–Crippen MR) is 70.9 cm³/mol. The highest BCUT2D eigenvalue weighted by Gasteiger charge is 2.11. The van der Waals surface area contributed by atoms with Crippen LogP contribution in [-0.4, -0.2) is 28.3 Å². The topological polar surface area (TPSA) is 42.9 Å². The summed E-state index contributed by atoms with van der Waals surface area (Å²) in [6, 6.07) is 0. The molecule has 0 N–H and O–H groups in total. The van der Waals surface area contributed by atoms with Gasteiger partial charge in [-0.1, -0.05) is 6.92 Å². The lowest BCUT2D eigenvalue weighted by Gasteiger charge is -2.02. The number of aryl methyl sites for hydroxylation is 1. The van der Waals surface area contributed by atoms with Gasteiger partial charge in [0.1, 0.15) is 5.69 Å². The van der Waals surface area contributed by atoms with Crippen molar-refractivity contribution in [1.29, 1.82) is 0 Å². The van der Waals surface area contributed by atoms with Crippen molar-refractivity contribution in [2.24, 2.45) is 0 Å². The minimum Gasteiger partial charge on any atom is -0.287 e. The van der Waals surface area contributed by atoms with Crippen LogP contribution in [-0.2, 0) is 6.42 Å². The van der Waals surface area contributed by atoms with Crippen molar-refractivity contribution >= 4 is 29.3 Å². The molecule has 0 radical (unpaired) electrons. The van der Waals surface area contributed by atoms with Crippen LogP contribution in [0.25, 0.3) is 0 Å². The number of nitrogens with zero attached hydrogens (tertiary/aromatic N) is 2. The number of carbonyl (C=O) groups is 1. The summed E-state index contributed by atoms with van der Waals surface area (Å²) >= 11 is 3.12. The maximum atomic E-state index is 11.9. The number of hydrogen-bond donors (Lipinski definition) is 0. The van der Waals surface area contributed by atoms with E-state index in [1.165, 1.54) is 0 Å². The van der Waals surface area contributed by atoms with Gasteiger partial charge < -0.3 is 0 Å². The van der Waals surface area contributed by atoms with Crippen LogP contribution in [0.4, 0.5) is 0 Å². The standard InChI is InChI=1S/C11H14N2OS2/c1-4-8-11(13-6-5-12-8)9(14)7-10(15-2)16-3/h5-7H,4H2,1-3H3. The summed E-state index contributed by atoms with van der Waals surface area (Å²) in [7, 11) is 0. The summed E-state index contributed by atoms with van der Waals surface area (Å²) in [5.74, 6) is -0.0661. The molecule has 16 heavy (non-hydrogen) atoms. The van der Waals surface area contributed by atoms with Gasteiger partial charge in [0.2, 0.25) is 5.78 Å². The lowest BCUT2D eigenvalue weighted by Crippen LogP contribution is -2.05. The average molecular weight is 254 g/mol. The molecular formula is C11H14N2OS2. The fraction of sp³-hybridized carbons (Fsp3) is 0.364. The number of ketones is 1. The fourth-order valence-corrected chi connectivity index (χ4v) is 2.32. The van der Waals surface area contributed by atoms with Crippen LogP contribution in [0.1, 0.15) is 23.1 Å². The molecule has 0 saturated carbocycles. The molecule has 0 aliphatic carbocycles. The van der Waals surface area contributed by atoms with Crippen LogP contribution in [0.3, 0.4) is 0 Å². The molecule has 3 nitrogen and oxygen atoms in total. The number of rotatable bonds is 5. The van der Waals surface area contributed by atoms with E-state index in [1.807, 2.05) is 19.4 Å². The Bertz CT molecular complexity index is 399. The largest absolute Gasteiger partial charge is 0.287 e. The SMILES string of the molecule is CCc1nccnc1C(=O)C=C(SC)SC. The summed E-state index contributed by atoms with van der Waals surface area (Å²) < 4.78 is 0.984. The second-order valence-electron chi connectivity index (χ2n) is 2.94. The van der Waals surface area contributed by atoms with E-state index < -0.39 is 0 Å². The van der Waals surface area contributed by atoms with Gasteiger partial charge in [-0.3, -0.25) is 9.78 Å². The predicted octanol–water partition coefficient (Wildman–Crippen LogP) is 2.79. The van der Waals surface area contributed by atoms with Crippen molar-refractivity contribution in [2.45, 2.75) is 13.3 Å². The number of hydrogen-bond acceptors (Lipinski definition) is 5. The van der Waals surface area contributed by atoms with Crippen molar-refractivity contribution in [3.05, 3.63) is 34.1 Å². The third kappa shape index (κ3) is 3.35. The van der Waals surface area contributed by atoms with Crippen LogP contribution in [0.15, 0.2) is 22.7 Å². The molecule has 0 aromatic carbocycles. The van der Waals surface area contributed by atoms with Gasteiger partial charge in [-0.15, -0.1) is 23.5 Å². The van der Waals surface area contributed by atoms with Crippen LogP contribution in [0, 0.1) is 0 Å². The van der Waals surface area contributed by atoms with Crippen LogP contribution in [0.2, 0.25) is 0 Å². The Morgan fingerprint density at radius 1 is 1.31 bits per heavy atom. The molecule has 1 aromatic heterocycles. The van der Waals surface area contributed by atoms with Crippen LogP contribution < -0.4 is 0 Å². The summed E-state index contributed by atoms with van der Waals surface area (Å²) in [4.78, 5) is 20.2. The normalized spacial score (nSPS) is 9.94. The van der Waals surface area contributed by atoms with Crippen molar-refractivity contribution in [1.82, 2.24) is 9.97 Å². The zero-order chi connectivity index (χ0) is 12.0. The molecular weight excluding hydrogens is 240 g/mol. The van der Waals surface area contributed by atoms with E-state index in [4.69, 9.17) is 0 Å². The Labute approximate surface area is 104 Å². The van der Waals surface area contributed by atoms with E-state index in [2.05, 4.69) is 9.97 Å². The summed E-state index contributed by atoms with van der Waals surface area (Å²) in [6.45, 7) is 1.97. The van der Waals surface area contributed by atoms with E-state index >= 15 is 0 Å². The molecule has 0 aliphatic rings. The van der Waals surface area contributed by atoms with Crippen LogP contribution >= 0.6 is 23.5 Å². The third-order valence-electron chi connectivity index (χ3n) is 1.99. The first kappa shape index (κ1) is 13.3. The molecule has 1 rings (SSSR count). The zero-order valence-corrected chi connectivity index (χ0v) is 11.2. The van der Waals surface area contributed by atoms with E-state index in [-0.39, 0.29) is 5.78 Å². The lowest BCUT2D eigenvalue weighted by atomic mass is 10.2. The van der Waals surface area contributed by atoms with E-state index in [9.17, 15) is 4.79 Å². The molecule has 1 heterocycles. The monoisotopic (exact) mass is 254 g/mol. The number of thioether (sulfide) groups is 2. The summed E-state index contributed by atoms with van der Waals surface area (Å²) in [5, 5.41) is 0. The molecule has 0 atom stereocenters. The maximum absolute atomic E-state index is 11.9. The Kier molecular flexibility index (Phi) is 5.55. The smallest absolute Gasteiger partial charge is 0.207 e. The molecule has 0 unspecified atom stereocenters. The minimum absolute atomic E-state index is 0.0661. The summed E-state index contributed by atoms with van der Waals surface area (Å²) in [6.07, 6.45) is 9.41. The van der Waals surface area contributed by atoms with E-state index in [0.717, 1.165) is 16.4 Å². The second-order valence-corrected chi connectivity index (χ2v) is 4.90. The van der Waals surface area contributed by atoms with Crippen molar-refractivity contribution in [2.75, 3.05) is 12.5 Å². The number of aromatic nitrogens is 2. The Balaban J connectivity index is 3.00. The van der Waals surface area contributed by atoms with E-state index in [1.54, 1.807) is 42.0 Å². The second kappa shape index (κ2) is 6.70. The first-order valence-electron chi connectivity index (χ1n) is 4.86. The molecule has 0 aliphatic heterocycles. The van der Waals surface area contributed by atoms with Gasteiger partial charge >= 0.3 is 0 Å². The van der Waals surface area contributed by atoms with Gasteiger partial charge in [0, 0.05) is 22.7 Å². The molecule has 5 heteroatoms. The number of carbonyl (C=O) groups excluding carboxylic acids is 1. The molecule has 0 amide bonds. The van der Waals surface area contributed by atoms with Gasteiger partial charge in [-0.25, -0.2) is 4.98 Å². The first-order valence-corrected chi connectivity index (χ1v) is 7.31. The highest BCUT2D eigenvalue weighted by Crippen LogP contribution is 2.23. The molecule has 0 spiro atoms. The number of allylic oxidation sites excluding steroid dienone is 1. The van der Waals surface area contributed by atoms with Crippen LogP contribution in [0.5, 0.6) is 0 Å². The molecule has 0 fully saturated rings. The quantitative estimate of drug-likeness (QED) is 0.597. The molecule has 86 valence electrons. The van der Waals surface area contributed by atoms with Crippen molar-refractivity contribution in [3.8, 4) is 0 Å². The summed E-state index contributed by atoms with van der Waals surface area (Å²) in [5.41, 5.74) is 1.22. The molecule has 0 bridgehead atoms. The first-order chi connectivity index (χ1) is 7.72. The highest BCUT2D eigenvalue weighted by atomic mass is 32.2. The van der Waals surface area contributed by atoms with Crippen molar-refractivity contribution in [3.63, 3.8) is 0 Å². The minimum atomic E-state index is -0.0661.